The predicted molar refractivity (Wildman–Crippen MR) is 98.6 cm³/mol. The van der Waals surface area contributed by atoms with Crippen molar-refractivity contribution in [3.05, 3.63) is 0 Å². The molecule has 2 heterocycles. The zero-order valence-electron chi connectivity index (χ0n) is 15.8. The van der Waals surface area contributed by atoms with E-state index in [1.165, 1.54) is 11.3 Å². The van der Waals surface area contributed by atoms with Crippen LogP contribution >= 0.6 is 0 Å². The van der Waals surface area contributed by atoms with Crippen LogP contribution < -0.4 is 10.6 Å². The van der Waals surface area contributed by atoms with Gasteiger partial charge in [-0.05, 0) is 32.4 Å². The minimum atomic E-state index is -0.314. The van der Waals surface area contributed by atoms with Gasteiger partial charge in [-0.1, -0.05) is 13.8 Å². The normalized spacial score (nSPS) is 21.4. The standard InChI is InChI=1S/C17H32N6O2/c1-4-18-16(19-8-10-23-15(24)11-20-17(23)25)22-9-7-14(13-22)12-21(5-2)6-3/h14H,4-13H2,1-3H3,(H,18,19)(H,20,25). The van der Waals surface area contributed by atoms with Crippen molar-refractivity contribution in [3.63, 3.8) is 0 Å². The molecule has 0 aromatic heterocycles. The number of likely N-dealkylation sites (tertiary alicyclic amines) is 1. The van der Waals surface area contributed by atoms with Gasteiger partial charge >= 0.3 is 6.03 Å². The summed E-state index contributed by atoms with van der Waals surface area (Å²) in [5.74, 6) is 1.37. The molecule has 2 saturated heterocycles. The summed E-state index contributed by atoms with van der Waals surface area (Å²) in [6.45, 7) is 13.4. The van der Waals surface area contributed by atoms with Crippen molar-refractivity contribution in [1.82, 2.24) is 25.3 Å². The molecule has 2 aliphatic heterocycles. The van der Waals surface area contributed by atoms with Gasteiger partial charge in [0.05, 0.1) is 19.6 Å². The van der Waals surface area contributed by atoms with Gasteiger partial charge < -0.3 is 20.4 Å². The number of imide groups is 1. The van der Waals surface area contributed by atoms with Crippen LogP contribution in [0.4, 0.5) is 4.79 Å². The minimum Gasteiger partial charge on any atom is -0.357 e. The summed E-state index contributed by atoms with van der Waals surface area (Å²) in [5, 5.41) is 5.86. The molecule has 8 heteroatoms. The van der Waals surface area contributed by atoms with Crippen LogP contribution in [0.3, 0.4) is 0 Å². The smallest absolute Gasteiger partial charge is 0.324 e. The van der Waals surface area contributed by atoms with Crippen LogP contribution in [0.1, 0.15) is 27.2 Å². The maximum absolute atomic E-state index is 11.6. The summed E-state index contributed by atoms with van der Waals surface area (Å²) in [6.07, 6.45) is 1.17. The molecule has 0 spiro atoms. The second-order valence-corrected chi connectivity index (χ2v) is 6.53. The van der Waals surface area contributed by atoms with Crippen LogP contribution in [0, 0.1) is 5.92 Å². The van der Waals surface area contributed by atoms with Gasteiger partial charge in [-0.2, -0.15) is 0 Å². The fourth-order valence-corrected chi connectivity index (χ4v) is 3.38. The molecule has 2 rings (SSSR count). The van der Waals surface area contributed by atoms with Gasteiger partial charge in [0.15, 0.2) is 5.96 Å². The van der Waals surface area contributed by atoms with E-state index in [1.54, 1.807) is 0 Å². The highest BCUT2D eigenvalue weighted by Crippen LogP contribution is 2.17. The van der Waals surface area contributed by atoms with Crippen molar-refractivity contribution >= 4 is 17.9 Å². The van der Waals surface area contributed by atoms with E-state index in [-0.39, 0.29) is 18.5 Å². The van der Waals surface area contributed by atoms with E-state index < -0.39 is 0 Å². The number of amides is 3. The predicted octanol–water partition coefficient (Wildman–Crippen LogP) is 0.167. The van der Waals surface area contributed by atoms with Crippen molar-refractivity contribution in [3.8, 4) is 0 Å². The molecule has 2 fully saturated rings. The first-order valence-corrected chi connectivity index (χ1v) is 9.42. The molecule has 0 saturated carbocycles. The molecule has 0 aliphatic carbocycles. The highest BCUT2D eigenvalue weighted by Gasteiger charge is 2.28. The van der Waals surface area contributed by atoms with E-state index in [9.17, 15) is 9.59 Å². The fraction of sp³-hybridized carbons (Fsp3) is 0.824. The van der Waals surface area contributed by atoms with Gasteiger partial charge in [0.2, 0.25) is 5.91 Å². The first-order chi connectivity index (χ1) is 12.1. The average molecular weight is 352 g/mol. The maximum Gasteiger partial charge on any atom is 0.324 e. The number of carbonyl (C=O) groups is 2. The molecule has 0 radical (unpaired) electrons. The van der Waals surface area contributed by atoms with Crippen molar-refractivity contribution in [2.24, 2.45) is 10.9 Å². The molecule has 142 valence electrons. The second kappa shape index (κ2) is 9.60. The molecule has 2 aliphatic rings. The molecular weight excluding hydrogens is 320 g/mol. The Kier molecular flexibility index (Phi) is 7.49. The van der Waals surface area contributed by atoms with E-state index in [4.69, 9.17) is 0 Å². The van der Waals surface area contributed by atoms with E-state index in [2.05, 4.69) is 46.2 Å². The lowest BCUT2D eigenvalue weighted by atomic mass is 10.1. The van der Waals surface area contributed by atoms with Gasteiger partial charge in [-0.3, -0.25) is 14.7 Å². The number of rotatable bonds is 8. The molecule has 0 bridgehead atoms. The van der Waals surface area contributed by atoms with E-state index in [1.807, 2.05) is 0 Å². The van der Waals surface area contributed by atoms with Gasteiger partial charge in [-0.15, -0.1) is 0 Å². The monoisotopic (exact) mass is 352 g/mol. The third kappa shape index (κ3) is 5.32. The van der Waals surface area contributed by atoms with E-state index >= 15 is 0 Å². The number of carbonyl (C=O) groups excluding carboxylic acids is 2. The Balaban J connectivity index is 1.87. The van der Waals surface area contributed by atoms with Crippen LogP contribution in [0.2, 0.25) is 0 Å². The molecule has 2 N–H and O–H groups in total. The highest BCUT2D eigenvalue weighted by atomic mass is 16.2. The topological polar surface area (TPSA) is 80.3 Å². The van der Waals surface area contributed by atoms with Gasteiger partial charge in [0.1, 0.15) is 0 Å². The lowest BCUT2D eigenvalue weighted by Gasteiger charge is -2.24. The molecular formula is C17H32N6O2. The number of hydrogen-bond acceptors (Lipinski definition) is 4. The molecule has 1 atom stereocenters. The lowest BCUT2D eigenvalue weighted by molar-refractivity contribution is -0.124. The summed E-state index contributed by atoms with van der Waals surface area (Å²) < 4.78 is 0. The number of nitrogens with zero attached hydrogens (tertiary/aromatic N) is 4. The van der Waals surface area contributed by atoms with Crippen LogP contribution in [0.15, 0.2) is 4.99 Å². The Hall–Kier alpha value is -1.83. The van der Waals surface area contributed by atoms with Crippen molar-refractivity contribution < 1.29 is 9.59 Å². The first kappa shape index (κ1) is 19.5. The molecule has 8 nitrogen and oxygen atoms in total. The lowest BCUT2D eigenvalue weighted by Crippen LogP contribution is -2.41. The molecule has 1 unspecified atom stereocenters. The summed E-state index contributed by atoms with van der Waals surface area (Å²) in [5.41, 5.74) is 0. The molecule has 0 aromatic rings. The van der Waals surface area contributed by atoms with Crippen LogP contribution in [-0.4, -0.2) is 91.5 Å². The van der Waals surface area contributed by atoms with Crippen LogP contribution in [0.25, 0.3) is 0 Å². The van der Waals surface area contributed by atoms with Crippen LogP contribution in [0.5, 0.6) is 0 Å². The first-order valence-electron chi connectivity index (χ1n) is 9.42. The number of urea groups is 1. The number of nitrogens with one attached hydrogen (secondary N) is 2. The Morgan fingerprint density at radius 1 is 1.32 bits per heavy atom. The second-order valence-electron chi connectivity index (χ2n) is 6.53. The summed E-state index contributed by atoms with van der Waals surface area (Å²) in [6, 6.07) is -0.314. The van der Waals surface area contributed by atoms with Crippen molar-refractivity contribution in [1.29, 1.82) is 0 Å². The van der Waals surface area contributed by atoms with Gasteiger partial charge in [0, 0.05) is 26.2 Å². The molecule has 25 heavy (non-hydrogen) atoms. The van der Waals surface area contributed by atoms with Gasteiger partial charge in [0.25, 0.3) is 0 Å². The number of hydrogen-bond donors (Lipinski definition) is 2. The zero-order valence-corrected chi connectivity index (χ0v) is 15.8. The third-order valence-corrected chi connectivity index (χ3v) is 4.85. The van der Waals surface area contributed by atoms with Crippen LogP contribution in [-0.2, 0) is 4.79 Å². The van der Waals surface area contributed by atoms with E-state index in [0.717, 1.165) is 45.2 Å². The minimum absolute atomic E-state index is 0.0990. The van der Waals surface area contributed by atoms with E-state index in [0.29, 0.717) is 19.0 Å². The zero-order chi connectivity index (χ0) is 18.2. The molecule has 3 amide bonds. The largest absolute Gasteiger partial charge is 0.357 e. The third-order valence-electron chi connectivity index (χ3n) is 4.85. The van der Waals surface area contributed by atoms with Crippen molar-refractivity contribution in [2.45, 2.75) is 27.2 Å². The van der Waals surface area contributed by atoms with Crippen molar-refractivity contribution in [2.75, 3.05) is 58.9 Å². The maximum atomic E-state index is 11.6. The Morgan fingerprint density at radius 2 is 2.08 bits per heavy atom. The SMILES string of the molecule is CCNC(=NCCN1C(=O)CNC1=O)N1CCC(CN(CC)CC)C1. The quantitative estimate of drug-likeness (QED) is 0.370. The molecule has 0 aromatic carbocycles. The average Bonchev–Trinajstić information content (AvgIpc) is 3.20. The summed E-state index contributed by atoms with van der Waals surface area (Å²) in [4.78, 5) is 33.8. The summed E-state index contributed by atoms with van der Waals surface area (Å²) >= 11 is 0. The summed E-state index contributed by atoms with van der Waals surface area (Å²) in [7, 11) is 0. The Morgan fingerprint density at radius 3 is 2.68 bits per heavy atom. The fourth-order valence-electron chi connectivity index (χ4n) is 3.38. The van der Waals surface area contributed by atoms with Gasteiger partial charge in [-0.25, -0.2) is 4.79 Å². The number of aliphatic imine (C=N–C) groups is 1. The highest BCUT2D eigenvalue weighted by molar-refractivity contribution is 6.01. The Labute approximate surface area is 150 Å². The Bertz CT molecular complexity index is 476. The number of guanidine groups is 1.